The standard InChI is InChI=1S/C17H24N4OS/c1-4-8-14-19-20-16(23)21(14)11-15(22)18-12-17(2,3)13-9-6-5-7-10-13/h5-7,9-10H,4,8,11-12H2,1-3H3,(H,18,22)(H,20,23). The lowest BCUT2D eigenvalue weighted by molar-refractivity contribution is -0.121. The van der Waals surface area contributed by atoms with Crippen molar-refractivity contribution < 1.29 is 4.79 Å². The number of carbonyl (C=O) groups excluding carboxylic acids is 1. The molecule has 0 radical (unpaired) electrons. The zero-order valence-electron chi connectivity index (χ0n) is 13.9. The molecule has 124 valence electrons. The summed E-state index contributed by atoms with van der Waals surface area (Å²) >= 11 is 5.20. The lowest BCUT2D eigenvalue weighted by Crippen LogP contribution is -2.38. The average molecular weight is 332 g/mol. The Kier molecular flexibility index (Phi) is 5.71. The Morgan fingerprint density at radius 1 is 1.35 bits per heavy atom. The second kappa shape index (κ2) is 7.55. The number of H-pyrrole nitrogens is 1. The molecule has 0 aliphatic heterocycles. The van der Waals surface area contributed by atoms with Crippen LogP contribution in [-0.4, -0.2) is 27.2 Å². The normalized spacial score (nSPS) is 11.4. The van der Waals surface area contributed by atoms with Gasteiger partial charge in [0.15, 0.2) is 4.77 Å². The quantitative estimate of drug-likeness (QED) is 0.766. The molecule has 2 N–H and O–H groups in total. The fraction of sp³-hybridized carbons (Fsp3) is 0.471. The zero-order valence-corrected chi connectivity index (χ0v) is 14.7. The van der Waals surface area contributed by atoms with Crippen LogP contribution in [0.5, 0.6) is 0 Å². The van der Waals surface area contributed by atoms with Gasteiger partial charge in [-0.05, 0) is 24.2 Å². The topological polar surface area (TPSA) is 62.7 Å². The van der Waals surface area contributed by atoms with Gasteiger partial charge in [-0.3, -0.25) is 14.5 Å². The van der Waals surface area contributed by atoms with Crippen LogP contribution in [0.4, 0.5) is 0 Å². The van der Waals surface area contributed by atoms with Crippen molar-refractivity contribution in [3.8, 4) is 0 Å². The van der Waals surface area contributed by atoms with Gasteiger partial charge in [0.05, 0.1) is 0 Å². The maximum Gasteiger partial charge on any atom is 0.240 e. The predicted octanol–water partition coefficient (Wildman–Crippen LogP) is 2.99. The van der Waals surface area contributed by atoms with E-state index in [4.69, 9.17) is 12.2 Å². The third-order valence-electron chi connectivity index (χ3n) is 3.90. The average Bonchev–Trinajstić information content (AvgIpc) is 2.87. The molecule has 0 fully saturated rings. The van der Waals surface area contributed by atoms with E-state index in [0.717, 1.165) is 18.7 Å². The highest BCUT2D eigenvalue weighted by atomic mass is 32.1. The monoisotopic (exact) mass is 332 g/mol. The lowest BCUT2D eigenvalue weighted by atomic mass is 9.84. The molecule has 0 spiro atoms. The highest BCUT2D eigenvalue weighted by Gasteiger charge is 2.21. The Morgan fingerprint density at radius 3 is 2.70 bits per heavy atom. The largest absolute Gasteiger partial charge is 0.354 e. The van der Waals surface area contributed by atoms with E-state index in [9.17, 15) is 4.79 Å². The Morgan fingerprint density at radius 2 is 2.04 bits per heavy atom. The molecule has 6 heteroatoms. The van der Waals surface area contributed by atoms with Gasteiger partial charge in [-0.25, -0.2) is 0 Å². The van der Waals surface area contributed by atoms with E-state index in [1.165, 1.54) is 5.56 Å². The third-order valence-corrected chi connectivity index (χ3v) is 4.21. The number of aryl methyl sites for hydroxylation is 1. The van der Waals surface area contributed by atoms with Crippen molar-refractivity contribution in [2.24, 2.45) is 0 Å². The second-order valence-electron chi connectivity index (χ2n) is 6.31. The van der Waals surface area contributed by atoms with Crippen LogP contribution in [0.15, 0.2) is 30.3 Å². The van der Waals surface area contributed by atoms with E-state index < -0.39 is 0 Å². The molecular weight excluding hydrogens is 308 g/mol. The fourth-order valence-corrected chi connectivity index (χ4v) is 2.65. The molecule has 23 heavy (non-hydrogen) atoms. The summed E-state index contributed by atoms with van der Waals surface area (Å²) in [7, 11) is 0. The summed E-state index contributed by atoms with van der Waals surface area (Å²) in [5.41, 5.74) is 1.08. The number of hydrogen-bond acceptors (Lipinski definition) is 3. The van der Waals surface area contributed by atoms with E-state index in [-0.39, 0.29) is 17.9 Å². The van der Waals surface area contributed by atoms with Crippen molar-refractivity contribution in [3.63, 3.8) is 0 Å². The molecule has 1 aromatic heterocycles. The van der Waals surface area contributed by atoms with Crippen LogP contribution in [0.2, 0.25) is 0 Å². The summed E-state index contributed by atoms with van der Waals surface area (Å²) in [5.74, 6) is 0.777. The van der Waals surface area contributed by atoms with Gasteiger partial charge in [0, 0.05) is 18.4 Å². The first-order chi connectivity index (χ1) is 10.9. The van der Waals surface area contributed by atoms with Crippen LogP contribution in [0.3, 0.4) is 0 Å². The number of benzene rings is 1. The summed E-state index contributed by atoms with van der Waals surface area (Å²) in [5, 5.41) is 9.95. The van der Waals surface area contributed by atoms with Crippen molar-refractivity contribution >= 4 is 18.1 Å². The summed E-state index contributed by atoms with van der Waals surface area (Å²) < 4.78 is 2.26. The van der Waals surface area contributed by atoms with Gasteiger partial charge in [-0.15, -0.1) is 0 Å². The minimum absolute atomic E-state index is 0.0520. The number of aromatic nitrogens is 3. The molecule has 0 bridgehead atoms. The van der Waals surface area contributed by atoms with E-state index in [1.54, 1.807) is 4.57 Å². The number of aromatic amines is 1. The number of hydrogen-bond donors (Lipinski definition) is 2. The van der Waals surface area contributed by atoms with Crippen molar-refractivity contribution in [2.75, 3.05) is 6.54 Å². The molecule has 1 amide bonds. The molecule has 0 saturated carbocycles. The highest BCUT2D eigenvalue weighted by molar-refractivity contribution is 7.71. The molecule has 2 rings (SSSR count). The molecule has 0 atom stereocenters. The molecule has 1 aromatic carbocycles. The van der Waals surface area contributed by atoms with Crippen molar-refractivity contribution in [1.82, 2.24) is 20.1 Å². The zero-order chi connectivity index (χ0) is 16.9. The maximum absolute atomic E-state index is 12.3. The van der Waals surface area contributed by atoms with Crippen molar-refractivity contribution in [3.05, 3.63) is 46.5 Å². The first-order valence-corrected chi connectivity index (χ1v) is 8.31. The summed E-state index contributed by atoms with van der Waals surface area (Å²) in [6.45, 7) is 7.09. The predicted molar refractivity (Wildman–Crippen MR) is 93.9 cm³/mol. The van der Waals surface area contributed by atoms with Crippen molar-refractivity contribution in [1.29, 1.82) is 0 Å². The Labute approximate surface area is 142 Å². The van der Waals surface area contributed by atoms with Gasteiger partial charge >= 0.3 is 0 Å². The minimum atomic E-state index is -0.124. The molecule has 1 heterocycles. The van der Waals surface area contributed by atoms with E-state index >= 15 is 0 Å². The summed E-state index contributed by atoms with van der Waals surface area (Å²) in [4.78, 5) is 12.3. The third kappa shape index (κ3) is 4.51. The second-order valence-corrected chi connectivity index (χ2v) is 6.69. The molecule has 2 aromatic rings. The first-order valence-electron chi connectivity index (χ1n) is 7.90. The molecule has 0 saturated heterocycles. The summed E-state index contributed by atoms with van der Waals surface area (Å²) in [6, 6.07) is 10.2. The van der Waals surface area contributed by atoms with Gasteiger partial charge < -0.3 is 5.32 Å². The summed E-state index contributed by atoms with van der Waals surface area (Å²) in [6.07, 6.45) is 1.76. The first kappa shape index (κ1) is 17.4. The van der Waals surface area contributed by atoms with Crippen LogP contribution in [0.25, 0.3) is 0 Å². The van der Waals surface area contributed by atoms with Gasteiger partial charge in [0.25, 0.3) is 0 Å². The van der Waals surface area contributed by atoms with E-state index in [2.05, 4.69) is 48.4 Å². The van der Waals surface area contributed by atoms with Crippen LogP contribution < -0.4 is 5.32 Å². The van der Waals surface area contributed by atoms with Crippen LogP contribution >= 0.6 is 12.2 Å². The number of nitrogens with zero attached hydrogens (tertiary/aromatic N) is 2. The van der Waals surface area contributed by atoms with Crippen LogP contribution in [-0.2, 0) is 23.2 Å². The van der Waals surface area contributed by atoms with Gasteiger partial charge in [-0.2, -0.15) is 5.10 Å². The van der Waals surface area contributed by atoms with Crippen molar-refractivity contribution in [2.45, 2.75) is 45.6 Å². The number of carbonyl (C=O) groups is 1. The van der Waals surface area contributed by atoms with E-state index in [0.29, 0.717) is 11.3 Å². The molecular formula is C17H24N4OS. The molecule has 0 aliphatic carbocycles. The molecule has 5 nitrogen and oxygen atoms in total. The number of rotatable bonds is 7. The lowest BCUT2D eigenvalue weighted by Gasteiger charge is -2.25. The highest BCUT2D eigenvalue weighted by Crippen LogP contribution is 2.21. The molecule has 0 aliphatic rings. The van der Waals surface area contributed by atoms with Gasteiger partial charge in [0.2, 0.25) is 5.91 Å². The van der Waals surface area contributed by atoms with E-state index in [1.807, 2.05) is 18.2 Å². The maximum atomic E-state index is 12.3. The smallest absolute Gasteiger partial charge is 0.240 e. The Bertz CT molecular complexity index is 703. The Balaban J connectivity index is 1.98. The number of nitrogens with one attached hydrogen (secondary N) is 2. The fourth-order valence-electron chi connectivity index (χ4n) is 2.44. The molecule has 0 unspecified atom stereocenters. The van der Waals surface area contributed by atoms with Crippen LogP contribution in [0.1, 0.15) is 38.6 Å². The minimum Gasteiger partial charge on any atom is -0.354 e. The SMILES string of the molecule is CCCc1n[nH]c(=S)n1CC(=O)NCC(C)(C)c1ccccc1. The van der Waals surface area contributed by atoms with Gasteiger partial charge in [0.1, 0.15) is 12.4 Å². The van der Waals surface area contributed by atoms with Crippen LogP contribution in [0, 0.1) is 4.77 Å². The van der Waals surface area contributed by atoms with Gasteiger partial charge in [-0.1, -0.05) is 51.1 Å². The number of amides is 1. The Hall–Kier alpha value is -1.95.